The van der Waals surface area contributed by atoms with Crippen molar-refractivity contribution in [3.63, 3.8) is 0 Å². The zero-order chi connectivity index (χ0) is 23.0. The maximum Gasteiger partial charge on any atom is 0.309 e. The number of fused-ring (bicyclic) bond motifs is 1. The van der Waals surface area contributed by atoms with Crippen LogP contribution >= 0.6 is 0 Å². The van der Waals surface area contributed by atoms with Gasteiger partial charge in [-0.1, -0.05) is 23.8 Å². The van der Waals surface area contributed by atoms with E-state index in [1.54, 1.807) is 0 Å². The van der Waals surface area contributed by atoms with Gasteiger partial charge in [-0.3, -0.25) is 4.79 Å². The first-order valence-electron chi connectivity index (χ1n) is 11.2. The van der Waals surface area contributed by atoms with Gasteiger partial charge in [0.1, 0.15) is 5.82 Å². The molecule has 0 unspecified atom stereocenters. The summed E-state index contributed by atoms with van der Waals surface area (Å²) in [6, 6.07) is 8.23. The summed E-state index contributed by atoms with van der Waals surface area (Å²) in [5, 5.41) is 5.53. The number of carbonyl (C=O) groups is 1. The predicted molar refractivity (Wildman–Crippen MR) is 126 cm³/mol. The van der Waals surface area contributed by atoms with E-state index < -0.39 is 0 Å². The SMILES string of the molecule is CCOC(=O)C1CCN(c2nc(-c3cccc(C)c3)c3c(N)n(C(C)(C)C)nc3n2)CC1. The summed E-state index contributed by atoms with van der Waals surface area (Å²) in [5.41, 5.74) is 9.79. The molecular weight excluding hydrogens is 404 g/mol. The third kappa shape index (κ3) is 4.13. The molecular formula is C24H32N6O2. The van der Waals surface area contributed by atoms with Crippen molar-refractivity contribution in [3.8, 4) is 11.3 Å². The van der Waals surface area contributed by atoms with Crippen molar-refractivity contribution < 1.29 is 9.53 Å². The lowest BCUT2D eigenvalue weighted by Gasteiger charge is -2.31. The normalized spacial score (nSPS) is 15.3. The zero-order valence-electron chi connectivity index (χ0n) is 19.6. The molecule has 0 amide bonds. The van der Waals surface area contributed by atoms with E-state index in [9.17, 15) is 4.79 Å². The number of piperidine rings is 1. The van der Waals surface area contributed by atoms with E-state index >= 15 is 0 Å². The van der Waals surface area contributed by atoms with Crippen LogP contribution in [0.3, 0.4) is 0 Å². The molecule has 1 fully saturated rings. The van der Waals surface area contributed by atoms with Crippen LogP contribution < -0.4 is 10.6 Å². The molecule has 0 spiro atoms. The standard InChI is InChI=1S/C24H32N6O2/c1-6-32-22(31)16-10-12-29(13-11-16)23-26-19(17-9-7-8-15(2)14-17)18-20(25)30(24(3,4)5)28-21(18)27-23/h7-9,14,16H,6,10-13,25H2,1-5H3. The van der Waals surface area contributed by atoms with Gasteiger partial charge in [0, 0.05) is 18.7 Å². The summed E-state index contributed by atoms with van der Waals surface area (Å²) in [6.07, 6.45) is 1.44. The third-order valence-electron chi connectivity index (χ3n) is 5.88. The fourth-order valence-corrected chi connectivity index (χ4v) is 4.23. The molecule has 0 atom stereocenters. The summed E-state index contributed by atoms with van der Waals surface area (Å²) >= 11 is 0. The highest BCUT2D eigenvalue weighted by Gasteiger charge is 2.29. The average Bonchev–Trinajstić information content (AvgIpc) is 3.10. The second-order valence-corrected chi connectivity index (χ2v) is 9.42. The Balaban J connectivity index is 1.77. The minimum Gasteiger partial charge on any atom is -0.466 e. The summed E-state index contributed by atoms with van der Waals surface area (Å²) in [5.74, 6) is 1.01. The Morgan fingerprint density at radius 1 is 1.22 bits per heavy atom. The second kappa shape index (κ2) is 8.41. The van der Waals surface area contributed by atoms with E-state index in [0.717, 1.165) is 35.0 Å². The molecule has 0 bridgehead atoms. The van der Waals surface area contributed by atoms with Crippen LogP contribution in [0.25, 0.3) is 22.3 Å². The Bertz CT molecular complexity index is 1140. The van der Waals surface area contributed by atoms with Gasteiger partial charge < -0.3 is 15.4 Å². The van der Waals surface area contributed by atoms with Gasteiger partial charge in [0.15, 0.2) is 5.65 Å². The fraction of sp³-hybridized carbons (Fsp3) is 0.500. The predicted octanol–water partition coefficient (Wildman–Crippen LogP) is 3.92. The van der Waals surface area contributed by atoms with Gasteiger partial charge >= 0.3 is 5.97 Å². The first-order valence-corrected chi connectivity index (χ1v) is 11.2. The van der Waals surface area contributed by atoms with Crippen molar-refractivity contribution in [2.45, 2.75) is 53.0 Å². The number of anilines is 2. The van der Waals surface area contributed by atoms with Crippen LogP contribution in [0.4, 0.5) is 11.8 Å². The second-order valence-electron chi connectivity index (χ2n) is 9.42. The van der Waals surface area contributed by atoms with Gasteiger partial charge in [0.2, 0.25) is 5.95 Å². The van der Waals surface area contributed by atoms with Crippen LogP contribution in [0.2, 0.25) is 0 Å². The van der Waals surface area contributed by atoms with Crippen LogP contribution in [0, 0.1) is 12.8 Å². The molecule has 2 N–H and O–H groups in total. The molecule has 1 aliphatic heterocycles. The first-order chi connectivity index (χ1) is 15.2. The van der Waals surface area contributed by atoms with E-state index in [-0.39, 0.29) is 17.4 Å². The zero-order valence-corrected chi connectivity index (χ0v) is 19.6. The van der Waals surface area contributed by atoms with E-state index in [0.29, 0.717) is 37.1 Å². The lowest BCUT2D eigenvalue weighted by Crippen LogP contribution is -2.38. The summed E-state index contributed by atoms with van der Waals surface area (Å²) in [7, 11) is 0. The van der Waals surface area contributed by atoms with Gasteiger partial charge in [0.25, 0.3) is 0 Å². The van der Waals surface area contributed by atoms with Gasteiger partial charge in [0.05, 0.1) is 29.1 Å². The van der Waals surface area contributed by atoms with Crippen LogP contribution in [0.1, 0.15) is 46.1 Å². The molecule has 8 nitrogen and oxygen atoms in total. The first kappa shape index (κ1) is 22.0. The molecule has 0 saturated carbocycles. The Kier molecular flexibility index (Phi) is 5.79. The van der Waals surface area contributed by atoms with Gasteiger partial charge in [-0.05, 0) is 53.5 Å². The van der Waals surface area contributed by atoms with Crippen molar-refractivity contribution in [1.29, 1.82) is 0 Å². The van der Waals surface area contributed by atoms with Crippen molar-refractivity contribution in [3.05, 3.63) is 29.8 Å². The number of aryl methyl sites for hydroxylation is 1. The monoisotopic (exact) mass is 436 g/mol. The van der Waals surface area contributed by atoms with E-state index in [1.165, 1.54) is 0 Å². The quantitative estimate of drug-likeness (QED) is 0.619. The lowest BCUT2D eigenvalue weighted by atomic mass is 9.97. The number of nitrogens with zero attached hydrogens (tertiary/aromatic N) is 5. The highest BCUT2D eigenvalue weighted by atomic mass is 16.5. The van der Waals surface area contributed by atoms with E-state index in [1.807, 2.05) is 23.7 Å². The number of aromatic nitrogens is 4. The number of hydrogen-bond donors (Lipinski definition) is 1. The number of nitrogen functional groups attached to an aromatic ring is 1. The van der Waals surface area contributed by atoms with Gasteiger partial charge in [-0.15, -0.1) is 5.10 Å². The van der Waals surface area contributed by atoms with Crippen LogP contribution in [0.15, 0.2) is 24.3 Å². The molecule has 3 heterocycles. The minimum absolute atomic E-state index is 0.0677. The van der Waals surface area contributed by atoms with Crippen molar-refractivity contribution in [1.82, 2.24) is 19.7 Å². The maximum atomic E-state index is 12.1. The molecule has 1 aliphatic rings. The highest BCUT2D eigenvalue weighted by molar-refractivity contribution is 5.99. The Labute approximate surface area is 188 Å². The summed E-state index contributed by atoms with van der Waals surface area (Å²) in [4.78, 5) is 24.0. The Morgan fingerprint density at radius 3 is 2.56 bits per heavy atom. The third-order valence-corrected chi connectivity index (χ3v) is 5.88. The average molecular weight is 437 g/mol. The topological polar surface area (TPSA) is 99.2 Å². The number of hydrogen-bond acceptors (Lipinski definition) is 7. The molecule has 1 aromatic carbocycles. The summed E-state index contributed by atoms with van der Waals surface area (Å²) in [6.45, 7) is 11.9. The van der Waals surface area contributed by atoms with Gasteiger partial charge in [-0.25, -0.2) is 9.67 Å². The van der Waals surface area contributed by atoms with Gasteiger partial charge in [-0.2, -0.15) is 4.98 Å². The Morgan fingerprint density at radius 2 is 1.94 bits per heavy atom. The molecule has 170 valence electrons. The largest absolute Gasteiger partial charge is 0.466 e. The molecule has 4 rings (SSSR count). The molecule has 2 aromatic heterocycles. The lowest BCUT2D eigenvalue weighted by molar-refractivity contribution is -0.148. The molecule has 3 aromatic rings. The fourth-order valence-electron chi connectivity index (χ4n) is 4.23. The number of rotatable bonds is 4. The molecule has 0 radical (unpaired) electrons. The van der Waals surface area contributed by atoms with Crippen LogP contribution in [0.5, 0.6) is 0 Å². The van der Waals surface area contributed by atoms with E-state index in [4.69, 9.17) is 25.5 Å². The van der Waals surface area contributed by atoms with Crippen LogP contribution in [-0.2, 0) is 15.1 Å². The van der Waals surface area contributed by atoms with Crippen molar-refractivity contribution in [2.75, 3.05) is 30.3 Å². The van der Waals surface area contributed by atoms with Crippen molar-refractivity contribution >= 4 is 28.8 Å². The number of benzene rings is 1. The maximum absolute atomic E-state index is 12.1. The smallest absolute Gasteiger partial charge is 0.309 e. The van der Waals surface area contributed by atoms with Crippen molar-refractivity contribution in [2.24, 2.45) is 5.92 Å². The number of ether oxygens (including phenoxy) is 1. The summed E-state index contributed by atoms with van der Waals surface area (Å²) < 4.78 is 7.02. The minimum atomic E-state index is -0.285. The molecule has 0 aliphatic carbocycles. The number of nitrogens with two attached hydrogens (primary N) is 1. The molecule has 1 saturated heterocycles. The highest BCUT2D eigenvalue weighted by Crippen LogP contribution is 2.35. The van der Waals surface area contributed by atoms with E-state index in [2.05, 4.69) is 44.7 Å². The number of esters is 1. The molecule has 8 heteroatoms. The number of carbonyl (C=O) groups excluding carboxylic acids is 1. The Hall–Kier alpha value is -3.16. The molecule has 32 heavy (non-hydrogen) atoms. The van der Waals surface area contributed by atoms with Crippen LogP contribution in [-0.4, -0.2) is 45.4 Å².